The van der Waals surface area contributed by atoms with Crippen LogP contribution >= 0.6 is 0 Å². The quantitative estimate of drug-likeness (QED) is 0.444. The number of alkyl carbamates (subject to hydrolysis) is 1. The summed E-state index contributed by atoms with van der Waals surface area (Å²) in [5, 5.41) is 12.0. The zero-order valence-electron chi connectivity index (χ0n) is 19.6. The number of hydrogen-bond acceptors (Lipinski definition) is 6. The number of nitrogens with one attached hydrogen (secondary N) is 2. The fraction of sp³-hybridized carbons (Fsp3) is 0.423. The predicted octanol–water partition coefficient (Wildman–Crippen LogP) is 3.38. The monoisotopic (exact) mass is 482 g/mol. The third-order valence-electron chi connectivity index (χ3n) is 6.68. The number of hydrogen-bond donors (Lipinski definition) is 3. The number of carbonyl (C=O) groups excluding carboxylic acids is 2. The van der Waals surface area contributed by atoms with Crippen LogP contribution < -0.4 is 10.8 Å². The molecule has 2 aromatic carbocycles. The molecule has 35 heavy (non-hydrogen) atoms. The Balaban J connectivity index is 1.36. The van der Waals surface area contributed by atoms with Crippen LogP contribution in [0, 0.1) is 0 Å². The number of amides is 2. The Morgan fingerprint density at radius 3 is 2.20 bits per heavy atom. The SMILES string of the molecule is COCC(ONC(=O)CC1(NC(=O)OCC2c3ccccc3-c3ccccc32)CCCC1)C(=O)O. The van der Waals surface area contributed by atoms with Crippen LogP contribution in [0.15, 0.2) is 48.5 Å². The normalized spacial score (nSPS) is 16.7. The van der Waals surface area contributed by atoms with E-state index in [-0.39, 0.29) is 25.6 Å². The lowest BCUT2D eigenvalue weighted by molar-refractivity contribution is -0.165. The average molecular weight is 483 g/mol. The second-order valence-electron chi connectivity index (χ2n) is 9.04. The first-order chi connectivity index (χ1) is 16.9. The molecule has 9 heteroatoms. The summed E-state index contributed by atoms with van der Waals surface area (Å²) in [7, 11) is 1.34. The maximum absolute atomic E-state index is 12.8. The molecule has 2 aromatic rings. The van der Waals surface area contributed by atoms with Crippen molar-refractivity contribution in [2.75, 3.05) is 20.3 Å². The summed E-state index contributed by atoms with van der Waals surface area (Å²) >= 11 is 0. The number of rotatable bonds is 10. The molecular formula is C26H30N2O7. The maximum atomic E-state index is 12.8. The van der Waals surface area contributed by atoms with E-state index < -0.39 is 29.6 Å². The Morgan fingerprint density at radius 1 is 1.03 bits per heavy atom. The van der Waals surface area contributed by atoms with Gasteiger partial charge in [-0.1, -0.05) is 61.4 Å². The van der Waals surface area contributed by atoms with Crippen molar-refractivity contribution in [3.8, 4) is 11.1 Å². The highest BCUT2D eigenvalue weighted by Crippen LogP contribution is 2.44. The molecule has 0 aromatic heterocycles. The third-order valence-corrected chi connectivity index (χ3v) is 6.68. The fourth-order valence-electron chi connectivity index (χ4n) is 5.04. The Morgan fingerprint density at radius 2 is 1.63 bits per heavy atom. The first-order valence-corrected chi connectivity index (χ1v) is 11.7. The van der Waals surface area contributed by atoms with E-state index in [4.69, 9.17) is 19.4 Å². The lowest BCUT2D eigenvalue weighted by atomic mass is 9.93. The van der Waals surface area contributed by atoms with Crippen LogP contribution in [-0.2, 0) is 23.9 Å². The maximum Gasteiger partial charge on any atom is 0.407 e. The number of benzene rings is 2. The number of fused-ring (bicyclic) bond motifs is 3. The van der Waals surface area contributed by atoms with Gasteiger partial charge in [0.2, 0.25) is 12.0 Å². The summed E-state index contributed by atoms with van der Waals surface area (Å²) in [6.07, 6.45) is 1.01. The number of methoxy groups -OCH3 is 1. The molecule has 1 atom stereocenters. The summed E-state index contributed by atoms with van der Waals surface area (Å²) in [6, 6.07) is 16.2. The average Bonchev–Trinajstić information content (AvgIpc) is 3.42. The summed E-state index contributed by atoms with van der Waals surface area (Å²) in [6.45, 7) is -0.0265. The van der Waals surface area contributed by atoms with Crippen molar-refractivity contribution in [1.82, 2.24) is 10.8 Å². The first kappa shape index (κ1) is 24.7. The van der Waals surface area contributed by atoms with Gasteiger partial charge in [-0.2, -0.15) is 0 Å². The van der Waals surface area contributed by atoms with Gasteiger partial charge in [-0.3, -0.25) is 9.63 Å². The van der Waals surface area contributed by atoms with Crippen molar-refractivity contribution in [1.29, 1.82) is 0 Å². The van der Waals surface area contributed by atoms with Gasteiger partial charge in [-0.15, -0.1) is 0 Å². The van der Waals surface area contributed by atoms with E-state index in [1.807, 2.05) is 24.3 Å². The molecule has 3 N–H and O–H groups in total. The van der Waals surface area contributed by atoms with Gasteiger partial charge >= 0.3 is 12.1 Å². The van der Waals surface area contributed by atoms with Crippen LogP contribution in [-0.4, -0.2) is 55.0 Å². The number of ether oxygens (including phenoxy) is 2. The second kappa shape index (κ2) is 10.9. The van der Waals surface area contributed by atoms with Gasteiger partial charge in [0.05, 0.1) is 18.6 Å². The van der Waals surface area contributed by atoms with E-state index in [1.54, 1.807) is 0 Å². The molecule has 0 spiro atoms. The molecule has 0 saturated heterocycles. The van der Waals surface area contributed by atoms with Gasteiger partial charge in [-0.05, 0) is 35.1 Å². The van der Waals surface area contributed by atoms with Gasteiger partial charge in [0.15, 0.2) is 0 Å². The summed E-state index contributed by atoms with van der Waals surface area (Å²) in [4.78, 5) is 41.5. The van der Waals surface area contributed by atoms with Gasteiger partial charge in [-0.25, -0.2) is 15.1 Å². The van der Waals surface area contributed by atoms with Gasteiger partial charge in [0.1, 0.15) is 6.61 Å². The lowest BCUT2D eigenvalue weighted by Crippen LogP contribution is -2.50. The second-order valence-corrected chi connectivity index (χ2v) is 9.04. The van der Waals surface area contributed by atoms with Gasteiger partial charge < -0.3 is 19.9 Å². The Kier molecular flexibility index (Phi) is 7.67. The smallest absolute Gasteiger partial charge is 0.407 e. The van der Waals surface area contributed by atoms with Crippen molar-refractivity contribution >= 4 is 18.0 Å². The predicted molar refractivity (Wildman–Crippen MR) is 127 cm³/mol. The zero-order chi connectivity index (χ0) is 24.8. The summed E-state index contributed by atoms with van der Waals surface area (Å²) in [5.41, 5.74) is 5.95. The first-order valence-electron chi connectivity index (χ1n) is 11.7. The highest BCUT2D eigenvalue weighted by molar-refractivity contribution is 5.80. The standard InChI is InChI=1S/C26H30N2O7/c1-33-16-22(24(30)31)35-28-23(29)14-26(12-6-7-13-26)27-25(32)34-15-21-19-10-4-2-8-17(19)18-9-3-5-11-20(18)21/h2-5,8-11,21-22H,6-7,12-16H2,1H3,(H,27,32)(H,28,29)(H,30,31). The molecule has 2 amide bonds. The van der Waals surface area contributed by atoms with E-state index in [9.17, 15) is 14.4 Å². The fourth-order valence-corrected chi connectivity index (χ4v) is 5.04. The molecule has 0 heterocycles. The molecule has 1 saturated carbocycles. The van der Waals surface area contributed by atoms with Crippen molar-refractivity contribution in [2.24, 2.45) is 0 Å². The minimum absolute atomic E-state index is 0.0451. The van der Waals surface area contributed by atoms with E-state index in [2.05, 4.69) is 35.1 Å². The molecule has 4 rings (SSSR count). The lowest BCUT2D eigenvalue weighted by Gasteiger charge is -2.29. The molecule has 0 aliphatic heterocycles. The molecule has 2 aliphatic carbocycles. The molecule has 9 nitrogen and oxygen atoms in total. The van der Waals surface area contributed by atoms with Crippen LogP contribution in [0.4, 0.5) is 4.79 Å². The summed E-state index contributed by atoms with van der Waals surface area (Å²) < 4.78 is 10.4. The van der Waals surface area contributed by atoms with E-state index in [0.29, 0.717) is 12.8 Å². The van der Waals surface area contributed by atoms with Gasteiger partial charge in [0.25, 0.3) is 0 Å². The Bertz CT molecular complexity index is 1040. The number of carboxylic acids is 1. The van der Waals surface area contributed by atoms with Crippen molar-refractivity contribution in [2.45, 2.75) is 49.7 Å². The molecule has 2 aliphatic rings. The zero-order valence-corrected chi connectivity index (χ0v) is 19.6. The Hall–Kier alpha value is -3.43. The van der Waals surface area contributed by atoms with Crippen LogP contribution in [0.1, 0.15) is 49.1 Å². The van der Waals surface area contributed by atoms with Crippen LogP contribution in [0.5, 0.6) is 0 Å². The summed E-state index contributed by atoms with van der Waals surface area (Å²) in [5.74, 6) is -1.83. The van der Waals surface area contributed by atoms with Crippen LogP contribution in [0.25, 0.3) is 11.1 Å². The van der Waals surface area contributed by atoms with E-state index in [1.165, 1.54) is 7.11 Å². The topological polar surface area (TPSA) is 123 Å². The van der Waals surface area contributed by atoms with Crippen LogP contribution in [0.2, 0.25) is 0 Å². The minimum Gasteiger partial charge on any atom is -0.479 e. The highest BCUT2D eigenvalue weighted by atomic mass is 16.7. The van der Waals surface area contributed by atoms with Crippen LogP contribution in [0.3, 0.4) is 0 Å². The minimum atomic E-state index is -1.32. The van der Waals surface area contributed by atoms with Crippen molar-refractivity contribution < 1.29 is 33.8 Å². The Labute approximate surface area is 203 Å². The molecule has 1 fully saturated rings. The highest BCUT2D eigenvalue weighted by Gasteiger charge is 2.39. The molecule has 0 bridgehead atoms. The molecule has 1 unspecified atom stereocenters. The third kappa shape index (κ3) is 5.63. The number of carboxylic acid groups (broad SMARTS) is 1. The molecular weight excluding hydrogens is 452 g/mol. The number of carbonyl (C=O) groups is 3. The van der Waals surface area contributed by atoms with Crippen molar-refractivity contribution in [3.05, 3.63) is 59.7 Å². The largest absolute Gasteiger partial charge is 0.479 e. The van der Waals surface area contributed by atoms with Gasteiger partial charge in [0, 0.05) is 13.0 Å². The number of hydroxylamine groups is 1. The molecule has 186 valence electrons. The number of aliphatic carboxylic acids is 1. The van der Waals surface area contributed by atoms with E-state index >= 15 is 0 Å². The van der Waals surface area contributed by atoms with Crippen molar-refractivity contribution in [3.63, 3.8) is 0 Å². The molecule has 0 radical (unpaired) electrons. The van der Waals surface area contributed by atoms with E-state index in [0.717, 1.165) is 35.1 Å².